The number of carboxylic acids is 1. The first-order chi connectivity index (χ1) is 8.62. The van der Waals surface area contributed by atoms with Gasteiger partial charge in [-0.15, -0.1) is 0 Å². The molecule has 0 aliphatic heterocycles. The van der Waals surface area contributed by atoms with Gasteiger partial charge >= 0.3 is 5.97 Å². The summed E-state index contributed by atoms with van der Waals surface area (Å²) in [6.45, 7) is 8.44. The Kier molecular flexibility index (Phi) is 4.71. The standard InChI is InChI=1S/C15H24N2O2/c1-9-7-10(15(2,3)4)5-6-11(9)14(17)12(16)8-13(18)19/h5-7,12,14H,8,16-17H2,1-4H3,(H,18,19). The molecule has 0 saturated heterocycles. The Morgan fingerprint density at radius 3 is 2.32 bits per heavy atom. The zero-order valence-corrected chi connectivity index (χ0v) is 12.1. The van der Waals surface area contributed by atoms with Crippen LogP contribution in [0.1, 0.15) is 49.9 Å². The number of rotatable bonds is 4. The molecule has 0 bridgehead atoms. The van der Waals surface area contributed by atoms with E-state index >= 15 is 0 Å². The number of nitrogens with two attached hydrogens (primary N) is 2. The number of aliphatic carboxylic acids is 1. The zero-order valence-electron chi connectivity index (χ0n) is 12.1. The summed E-state index contributed by atoms with van der Waals surface area (Å²) in [5, 5.41) is 8.76. The molecule has 0 aromatic heterocycles. The topological polar surface area (TPSA) is 89.3 Å². The maximum Gasteiger partial charge on any atom is 0.304 e. The fourth-order valence-electron chi connectivity index (χ4n) is 2.08. The molecule has 4 heteroatoms. The summed E-state index contributed by atoms with van der Waals surface area (Å²) in [7, 11) is 0. The molecule has 0 radical (unpaired) electrons. The number of hydrogen-bond acceptors (Lipinski definition) is 3. The van der Waals surface area contributed by atoms with Crippen molar-refractivity contribution in [1.82, 2.24) is 0 Å². The zero-order chi connectivity index (χ0) is 14.8. The first kappa shape index (κ1) is 15.7. The van der Waals surface area contributed by atoms with Crippen molar-refractivity contribution in [2.45, 2.75) is 51.6 Å². The third-order valence-corrected chi connectivity index (χ3v) is 3.37. The Hall–Kier alpha value is -1.39. The summed E-state index contributed by atoms with van der Waals surface area (Å²) in [6, 6.07) is 5.07. The lowest BCUT2D eigenvalue weighted by molar-refractivity contribution is -0.137. The molecule has 0 saturated carbocycles. The van der Waals surface area contributed by atoms with Gasteiger partial charge in [0, 0.05) is 12.1 Å². The van der Waals surface area contributed by atoms with Crippen LogP contribution in [0.4, 0.5) is 0 Å². The second-order valence-electron chi connectivity index (χ2n) is 6.11. The largest absolute Gasteiger partial charge is 0.481 e. The summed E-state index contributed by atoms with van der Waals surface area (Å²) >= 11 is 0. The highest BCUT2D eigenvalue weighted by Crippen LogP contribution is 2.27. The SMILES string of the molecule is Cc1cc(C(C)(C)C)ccc1C(N)C(N)CC(=O)O. The molecule has 106 valence electrons. The second kappa shape index (κ2) is 5.72. The minimum Gasteiger partial charge on any atom is -0.481 e. The molecule has 0 heterocycles. The molecule has 1 aromatic carbocycles. The maximum atomic E-state index is 10.7. The van der Waals surface area contributed by atoms with Crippen molar-refractivity contribution in [1.29, 1.82) is 0 Å². The lowest BCUT2D eigenvalue weighted by Crippen LogP contribution is -2.36. The van der Waals surface area contributed by atoms with Crippen LogP contribution in [0.15, 0.2) is 18.2 Å². The molecule has 0 aliphatic carbocycles. The van der Waals surface area contributed by atoms with Gasteiger partial charge in [0.05, 0.1) is 6.42 Å². The maximum absolute atomic E-state index is 10.7. The molecular weight excluding hydrogens is 240 g/mol. The van der Waals surface area contributed by atoms with Gasteiger partial charge in [0.25, 0.3) is 0 Å². The lowest BCUT2D eigenvalue weighted by atomic mass is 9.84. The highest BCUT2D eigenvalue weighted by Gasteiger charge is 2.21. The molecule has 0 spiro atoms. The van der Waals surface area contributed by atoms with Gasteiger partial charge in [0.2, 0.25) is 0 Å². The van der Waals surface area contributed by atoms with Crippen LogP contribution in [0.5, 0.6) is 0 Å². The molecule has 2 atom stereocenters. The van der Waals surface area contributed by atoms with E-state index < -0.39 is 18.1 Å². The van der Waals surface area contributed by atoms with Crippen molar-refractivity contribution in [2.75, 3.05) is 0 Å². The fourth-order valence-corrected chi connectivity index (χ4v) is 2.08. The summed E-state index contributed by atoms with van der Waals surface area (Å²) in [5.74, 6) is -0.924. The molecule has 0 aliphatic rings. The van der Waals surface area contributed by atoms with E-state index in [1.165, 1.54) is 5.56 Å². The van der Waals surface area contributed by atoms with Crippen LogP contribution in [-0.4, -0.2) is 17.1 Å². The Labute approximate surface area is 114 Å². The summed E-state index contributed by atoms with van der Waals surface area (Å²) in [5.41, 5.74) is 15.2. The first-order valence-electron chi connectivity index (χ1n) is 6.47. The summed E-state index contributed by atoms with van der Waals surface area (Å²) < 4.78 is 0. The molecular formula is C15H24N2O2. The minimum absolute atomic E-state index is 0.0799. The Morgan fingerprint density at radius 1 is 1.32 bits per heavy atom. The predicted octanol–water partition coefficient (Wildman–Crippen LogP) is 2.09. The van der Waals surface area contributed by atoms with E-state index in [0.29, 0.717) is 0 Å². The minimum atomic E-state index is -0.924. The van der Waals surface area contributed by atoms with Gasteiger partial charge in [-0.3, -0.25) is 4.79 Å². The fraction of sp³-hybridized carbons (Fsp3) is 0.533. The van der Waals surface area contributed by atoms with E-state index in [9.17, 15) is 4.79 Å². The van der Waals surface area contributed by atoms with Crippen molar-refractivity contribution in [3.8, 4) is 0 Å². The van der Waals surface area contributed by atoms with Crippen molar-refractivity contribution in [2.24, 2.45) is 11.5 Å². The number of aryl methyl sites for hydroxylation is 1. The van der Waals surface area contributed by atoms with Gasteiger partial charge in [-0.2, -0.15) is 0 Å². The van der Waals surface area contributed by atoms with E-state index in [1.54, 1.807) is 0 Å². The van der Waals surface area contributed by atoms with Crippen molar-refractivity contribution in [3.63, 3.8) is 0 Å². The highest BCUT2D eigenvalue weighted by molar-refractivity contribution is 5.67. The predicted molar refractivity (Wildman–Crippen MR) is 77.0 cm³/mol. The Morgan fingerprint density at radius 2 is 1.89 bits per heavy atom. The van der Waals surface area contributed by atoms with Gasteiger partial charge in [0.1, 0.15) is 0 Å². The van der Waals surface area contributed by atoms with E-state index in [4.69, 9.17) is 16.6 Å². The Balaban J connectivity index is 2.99. The van der Waals surface area contributed by atoms with Crippen molar-refractivity contribution >= 4 is 5.97 Å². The summed E-state index contributed by atoms with van der Waals surface area (Å²) in [6.07, 6.45) is -0.123. The lowest BCUT2D eigenvalue weighted by Gasteiger charge is -2.24. The van der Waals surface area contributed by atoms with Crippen LogP contribution < -0.4 is 11.5 Å². The van der Waals surface area contributed by atoms with Crippen LogP contribution in [0.25, 0.3) is 0 Å². The van der Waals surface area contributed by atoms with Gasteiger partial charge < -0.3 is 16.6 Å². The number of benzene rings is 1. The average Bonchev–Trinajstić information content (AvgIpc) is 2.25. The van der Waals surface area contributed by atoms with Gasteiger partial charge in [-0.1, -0.05) is 39.0 Å². The molecule has 19 heavy (non-hydrogen) atoms. The average molecular weight is 264 g/mol. The number of hydrogen-bond donors (Lipinski definition) is 3. The normalized spacial score (nSPS) is 15.1. The molecule has 1 rings (SSSR count). The molecule has 1 aromatic rings. The monoisotopic (exact) mass is 264 g/mol. The van der Waals surface area contributed by atoms with E-state index in [1.807, 2.05) is 19.1 Å². The van der Waals surface area contributed by atoms with Gasteiger partial charge in [-0.05, 0) is 29.0 Å². The van der Waals surface area contributed by atoms with Gasteiger partial charge in [-0.25, -0.2) is 0 Å². The van der Waals surface area contributed by atoms with Crippen LogP contribution in [0.3, 0.4) is 0 Å². The first-order valence-corrected chi connectivity index (χ1v) is 6.47. The van der Waals surface area contributed by atoms with Crippen molar-refractivity contribution < 1.29 is 9.90 Å². The van der Waals surface area contributed by atoms with Gasteiger partial charge in [0.15, 0.2) is 0 Å². The van der Waals surface area contributed by atoms with E-state index in [-0.39, 0.29) is 11.8 Å². The van der Waals surface area contributed by atoms with Crippen LogP contribution in [0, 0.1) is 6.92 Å². The second-order valence-corrected chi connectivity index (χ2v) is 6.11. The quantitative estimate of drug-likeness (QED) is 0.777. The smallest absolute Gasteiger partial charge is 0.304 e. The summed E-state index contributed by atoms with van der Waals surface area (Å²) in [4.78, 5) is 10.7. The number of carboxylic acid groups (broad SMARTS) is 1. The third-order valence-electron chi connectivity index (χ3n) is 3.37. The van der Waals surface area contributed by atoms with Crippen molar-refractivity contribution in [3.05, 3.63) is 34.9 Å². The molecule has 0 fully saturated rings. The van der Waals surface area contributed by atoms with Crippen LogP contribution >= 0.6 is 0 Å². The highest BCUT2D eigenvalue weighted by atomic mass is 16.4. The molecule has 4 nitrogen and oxygen atoms in total. The van der Waals surface area contributed by atoms with Crippen LogP contribution in [-0.2, 0) is 10.2 Å². The van der Waals surface area contributed by atoms with E-state index in [2.05, 4.69) is 26.8 Å². The Bertz CT molecular complexity index is 464. The molecule has 5 N–H and O–H groups in total. The molecule has 2 unspecified atom stereocenters. The van der Waals surface area contributed by atoms with Crippen LogP contribution in [0.2, 0.25) is 0 Å². The van der Waals surface area contributed by atoms with E-state index in [0.717, 1.165) is 11.1 Å². The third kappa shape index (κ3) is 4.04. The number of carbonyl (C=O) groups is 1. The molecule has 0 amide bonds.